The summed E-state index contributed by atoms with van der Waals surface area (Å²) in [5.74, 6) is -0.164. The molecule has 0 aromatic carbocycles. The summed E-state index contributed by atoms with van der Waals surface area (Å²) < 4.78 is 24.5. The quantitative estimate of drug-likeness (QED) is 0.690. The maximum Gasteiger partial charge on any atom is 0.227 e. The molecule has 0 aromatic rings. The van der Waals surface area contributed by atoms with Crippen molar-refractivity contribution in [2.75, 3.05) is 32.9 Å². The first-order valence-electron chi connectivity index (χ1n) is 7.23. The van der Waals surface area contributed by atoms with E-state index >= 15 is 0 Å². The van der Waals surface area contributed by atoms with Crippen molar-refractivity contribution in [3.63, 3.8) is 0 Å². The summed E-state index contributed by atoms with van der Waals surface area (Å²) in [4.78, 5) is 12.4. The summed E-state index contributed by atoms with van der Waals surface area (Å²) in [6.07, 6.45) is 5.92. The molecule has 7 heteroatoms. The Morgan fingerprint density at radius 1 is 1.20 bits per heavy atom. The van der Waals surface area contributed by atoms with Crippen LogP contribution in [-0.2, 0) is 14.8 Å². The largest absolute Gasteiger partial charge is 0.355 e. The van der Waals surface area contributed by atoms with Crippen LogP contribution in [-0.4, -0.2) is 51.6 Å². The molecular weight excluding hydrogens is 278 g/mol. The number of nitrogens with zero attached hydrogens (tertiary/aromatic N) is 1. The van der Waals surface area contributed by atoms with Crippen LogP contribution in [0.3, 0.4) is 0 Å². The fraction of sp³-hybridized carbons (Fsp3) is 0.923. The van der Waals surface area contributed by atoms with Crippen molar-refractivity contribution in [1.82, 2.24) is 9.62 Å². The number of hydrogen-bond donors (Lipinski definition) is 2. The highest BCUT2D eigenvalue weighted by Crippen LogP contribution is 2.34. The minimum atomic E-state index is -3.27. The molecule has 1 rings (SSSR count). The zero-order valence-electron chi connectivity index (χ0n) is 12.5. The van der Waals surface area contributed by atoms with Gasteiger partial charge in [0.05, 0.1) is 11.2 Å². The van der Waals surface area contributed by atoms with E-state index in [2.05, 4.69) is 5.32 Å². The van der Waals surface area contributed by atoms with Crippen LogP contribution in [0.1, 0.15) is 38.5 Å². The van der Waals surface area contributed by atoms with Crippen LogP contribution in [0.25, 0.3) is 0 Å². The van der Waals surface area contributed by atoms with E-state index in [1.807, 2.05) is 0 Å². The molecule has 6 nitrogen and oxygen atoms in total. The summed E-state index contributed by atoms with van der Waals surface area (Å²) in [5.41, 5.74) is 5.33. The second kappa shape index (κ2) is 7.38. The molecule has 1 aliphatic carbocycles. The molecule has 0 spiro atoms. The summed E-state index contributed by atoms with van der Waals surface area (Å²) in [5, 5.41) is 2.76. The van der Waals surface area contributed by atoms with Crippen LogP contribution in [0, 0.1) is 5.41 Å². The number of nitrogens with one attached hydrogen (secondary N) is 1. The lowest BCUT2D eigenvalue weighted by Gasteiger charge is -2.29. The van der Waals surface area contributed by atoms with Gasteiger partial charge in [0.1, 0.15) is 0 Å². The van der Waals surface area contributed by atoms with Gasteiger partial charge in [-0.15, -0.1) is 0 Å². The predicted molar refractivity (Wildman–Crippen MR) is 79.7 cm³/mol. The van der Waals surface area contributed by atoms with Crippen molar-refractivity contribution < 1.29 is 13.2 Å². The summed E-state index contributed by atoms with van der Waals surface area (Å²) in [7, 11) is -0.291. The highest BCUT2D eigenvalue weighted by atomic mass is 32.2. The van der Waals surface area contributed by atoms with E-state index in [1.165, 1.54) is 18.4 Å². The molecule has 1 fully saturated rings. The number of rotatable bonds is 6. The number of amides is 1. The standard InChI is InChI=1S/C13H27N3O3S/c1-16(2)20(18,19)10-9-15-12(17)13(11-14)7-5-3-4-6-8-13/h3-11,14H2,1-2H3,(H,15,17). The van der Waals surface area contributed by atoms with Gasteiger partial charge >= 0.3 is 0 Å². The first-order valence-corrected chi connectivity index (χ1v) is 8.83. The van der Waals surface area contributed by atoms with Gasteiger partial charge in [-0.3, -0.25) is 4.79 Å². The second-order valence-electron chi connectivity index (χ2n) is 5.75. The highest BCUT2D eigenvalue weighted by Gasteiger charge is 2.37. The number of sulfonamides is 1. The first-order chi connectivity index (χ1) is 9.34. The van der Waals surface area contributed by atoms with Gasteiger partial charge in [-0.25, -0.2) is 12.7 Å². The van der Waals surface area contributed by atoms with Gasteiger partial charge in [-0.05, 0) is 12.8 Å². The SMILES string of the molecule is CN(C)S(=O)(=O)CCNC(=O)C1(CN)CCCCCC1. The fourth-order valence-electron chi connectivity index (χ4n) is 2.59. The molecule has 0 radical (unpaired) electrons. The Bertz CT molecular complexity index is 413. The molecule has 3 N–H and O–H groups in total. The van der Waals surface area contributed by atoms with Crippen LogP contribution in [0.15, 0.2) is 0 Å². The van der Waals surface area contributed by atoms with Gasteiger partial charge in [0.15, 0.2) is 0 Å². The van der Waals surface area contributed by atoms with Gasteiger partial charge in [-0.1, -0.05) is 25.7 Å². The first kappa shape index (κ1) is 17.4. The van der Waals surface area contributed by atoms with Crippen LogP contribution in [0.2, 0.25) is 0 Å². The van der Waals surface area contributed by atoms with Gasteiger partial charge in [0.2, 0.25) is 15.9 Å². The Kier molecular flexibility index (Phi) is 6.42. The number of nitrogens with two attached hydrogens (primary N) is 1. The maximum atomic E-state index is 12.4. The van der Waals surface area contributed by atoms with E-state index < -0.39 is 15.4 Å². The third-order valence-corrected chi connectivity index (χ3v) is 5.97. The van der Waals surface area contributed by atoms with Crippen LogP contribution in [0.5, 0.6) is 0 Å². The van der Waals surface area contributed by atoms with E-state index in [4.69, 9.17) is 5.73 Å². The van der Waals surface area contributed by atoms with E-state index in [0.29, 0.717) is 6.54 Å². The molecule has 1 saturated carbocycles. The molecule has 20 heavy (non-hydrogen) atoms. The minimum absolute atomic E-state index is 0.0770. The number of hydrogen-bond acceptors (Lipinski definition) is 4. The zero-order valence-corrected chi connectivity index (χ0v) is 13.3. The molecule has 0 bridgehead atoms. The summed E-state index contributed by atoms with van der Waals surface area (Å²) >= 11 is 0. The zero-order chi connectivity index (χ0) is 15.2. The van der Waals surface area contributed by atoms with Crippen molar-refractivity contribution in [3.8, 4) is 0 Å². The van der Waals surface area contributed by atoms with Crippen LogP contribution < -0.4 is 11.1 Å². The summed E-state index contributed by atoms with van der Waals surface area (Å²) in [6, 6.07) is 0. The molecule has 0 aromatic heterocycles. The van der Waals surface area contributed by atoms with E-state index in [9.17, 15) is 13.2 Å². The second-order valence-corrected chi connectivity index (χ2v) is 8.06. The Labute approximate surface area is 122 Å². The Morgan fingerprint density at radius 3 is 2.20 bits per heavy atom. The molecule has 1 amide bonds. The van der Waals surface area contributed by atoms with E-state index in [0.717, 1.165) is 38.5 Å². The normalized spacial score (nSPS) is 19.6. The Hall–Kier alpha value is -0.660. The molecular formula is C13H27N3O3S. The fourth-order valence-corrected chi connectivity index (χ4v) is 3.32. The molecule has 0 heterocycles. The average molecular weight is 305 g/mol. The monoisotopic (exact) mass is 305 g/mol. The van der Waals surface area contributed by atoms with Crippen LogP contribution >= 0.6 is 0 Å². The van der Waals surface area contributed by atoms with Gasteiger partial charge in [0.25, 0.3) is 0 Å². The highest BCUT2D eigenvalue weighted by molar-refractivity contribution is 7.89. The van der Waals surface area contributed by atoms with E-state index in [1.54, 1.807) is 0 Å². The maximum absolute atomic E-state index is 12.4. The van der Waals surface area contributed by atoms with Gasteiger partial charge < -0.3 is 11.1 Å². The van der Waals surface area contributed by atoms with E-state index in [-0.39, 0.29) is 18.2 Å². The number of carbonyl (C=O) groups excluding carboxylic acids is 1. The number of carbonyl (C=O) groups is 1. The summed E-state index contributed by atoms with van der Waals surface area (Å²) in [6.45, 7) is 0.473. The molecule has 1 aliphatic rings. The van der Waals surface area contributed by atoms with Crippen molar-refractivity contribution in [2.24, 2.45) is 11.1 Å². The molecule has 0 unspecified atom stereocenters. The predicted octanol–water partition coefficient (Wildman–Crippen LogP) is 0.293. The third kappa shape index (κ3) is 4.43. The molecule has 0 aliphatic heterocycles. The van der Waals surface area contributed by atoms with Crippen LogP contribution in [0.4, 0.5) is 0 Å². The smallest absolute Gasteiger partial charge is 0.227 e. The molecule has 118 valence electrons. The van der Waals surface area contributed by atoms with Gasteiger partial charge in [-0.2, -0.15) is 0 Å². The lowest BCUT2D eigenvalue weighted by atomic mass is 9.79. The van der Waals surface area contributed by atoms with Gasteiger partial charge in [0, 0.05) is 27.2 Å². The molecule has 0 atom stereocenters. The third-order valence-electron chi connectivity index (χ3n) is 4.13. The lowest BCUT2D eigenvalue weighted by Crippen LogP contribution is -2.47. The van der Waals surface area contributed by atoms with Crippen molar-refractivity contribution in [1.29, 1.82) is 0 Å². The van der Waals surface area contributed by atoms with Crippen molar-refractivity contribution in [2.45, 2.75) is 38.5 Å². The lowest BCUT2D eigenvalue weighted by molar-refractivity contribution is -0.131. The van der Waals surface area contributed by atoms with Crippen molar-refractivity contribution >= 4 is 15.9 Å². The minimum Gasteiger partial charge on any atom is -0.355 e. The topological polar surface area (TPSA) is 92.5 Å². The average Bonchev–Trinajstić information content (AvgIpc) is 2.64. The van der Waals surface area contributed by atoms with Crippen molar-refractivity contribution in [3.05, 3.63) is 0 Å². The Morgan fingerprint density at radius 2 is 1.75 bits per heavy atom. The molecule has 0 saturated heterocycles. The Balaban J connectivity index is 2.56.